The standard InChI is InChI=1S/C15H22O2.C14H23O3P.C14H22O3S.C14H21O.C14H22S.C8H9BO2.C8H10O3S.C8H10O2S.10Li/c1-12-9-10-13(2)14(11-12)7-5-3-4-6-8-15(16)17;2*1-12-8-9-13(2)14(11-12)7-5-3-4-6-10-18(15,16)17;2*1-12-8-9-13(2)14(11-12)7-5-3-4-6-10-15;1-6-3-4-7(2)8(5-6)9(10)11;1-6-3-4-7(2)8(5-6)12(9,10)11;1-6-3-4-7(2)8(5-6)11(9)10;;;;;;;;;;/h9-11H,3-8H2,1-2H3,(H,16,17);8-9,11H,3-7,10H2,1-2H3,(H2,15,16,17);8-9,11H,3-7,10H2,1-2H3,(H,15,16,17);8-9,11H,3-7,10H2,1-2H3;8-9,11,15H,3-7,10H2,1-2H3;3-5H,1-2H3;3-5H,1-2H3,(H,9,10,11);3-5H,1-2H3,(H,9,10);;;;;;;;;;/q;;;-1;;-2;;;10*+1/p-7. The van der Waals surface area contributed by atoms with Gasteiger partial charge in [0.05, 0.1) is 15.0 Å². The first-order valence-electron chi connectivity index (χ1n) is 41.2. The minimum absolute atomic E-state index is 0. The van der Waals surface area contributed by atoms with E-state index in [1.54, 1.807) is 64.1 Å². The number of carbonyl (C=O) groups excluding carboxylic acids is 1. The van der Waals surface area contributed by atoms with E-state index >= 15 is 0 Å². The summed E-state index contributed by atoms with van der Waals surface area (Å²) in [4.78, 5) is 31.4. The molecule has 0 fully saturated rings. The number of carboxylic acids is 1. The number of carboxylic acid groups (broad SMARTS) is 1. The molecule has 0 aromatic heterocycles. The predicted octanol–water partition coefficient (Wildman–Crippen LogP) is -14.0. The molecule has 32 heteroatoms. The van der Waals surface area contributed by atoms with Crippen molar-refractivity contribution in [1.29, 1.82) is 0 Å². The number of unbranched alkanes of at least 4 members (excludes halogenated alkanes) is 15. The van der Waals surface area contributed by atoms with Gasteiger partial charge in [0, 0.05) is 16.6 Å². The maximum Gasteiger partial charge on any atom is 1.00 e. The van der Waals surface area contributed by atoms with E-state index in [-0.39, 0.29) is 218 Å². The number of hydrogen-bond acceptors (Lipinski definition) is 17. The number of hydrogen-bond donors (Lipinski definition) is 0. The molecule has 0 saturated heterocycles. The predicted molar refractivity (Wildman–Crippen MR) is 472 cm³/mol. The second-order valence-electron chi connectivity index (χ2n) is 31.0. The second-order valence-corrected chi connectivity index (χ2v) is 36.9. The van der Waals surface area contributed by atoms with Gasteiger partial charge in [0.15, 0.2) is 0 Å². The molecule has 1 atom stereocenters. The van der Waals surface area contributed by atoms with Gasteiger partial charge in [0.2, 0.25) is 0 Å². The van der Waals surface area contributed by atoms with Crippen LogP contribution in [0.15, 0.2) is 155 Å². The molecule has 0 saturated carbocycles. The van der Waals surface area contributed by atoms with Crippen LogP contribution in [0.1, 0.15) is 252 Å². The summed E-state index contributed by atoms with van der Waals surface area (Å²) >= 11 is 2.83. The van der Waals surface area contributed by atoms with Gasteiger partial charge in [-0.3, -0.25) is 4.21 Å². The molecule has 8 rings (SSSR count). The third kappa shape index (κ3) is 74.4. The summed E-state index contributed by atoms with van der Waals surface area (Å²) in [5.41, 5.74) is 25.7. The van der Waals surface area contributed by atoms with Crippen molar-refractivity contribution in [3.63, 3.8) is 0 Å². The molecule has 0 amide bonds. The summed E-state index contributed by atoms with van der Waals surface area (Å²) in [6, 6.07) is 48.3. The zero-order valence-electron chi connectivity index (χ0n) is 82.8. The molecule has 8 aromatic rings. The van der Waals surface area contributed by atoms with Gasteiger partial charge in [-0.25, -0.2) is 16.8 Å². The number of benzene rings is 8. The van der Waals surface area contributed by atoms with Gasteiger partial charge < -0.3 is 65.7 Å². The Morgan fingerprint density at radius 2 is 0.630 bits per heavy atom. The van der Waals surface area contributed by atoms with E-state index in [1.807, 2.05) is 26.0 Å². The summed E-state index contributed by atoms with van der Waals surface area (Å²) in [5.74, 6) is -0.237. The van der Waals surface area contributed by atoms with E-state index < -0.39 is 52.0 Å². The van der Waals surface area contributed by atoms with Crippen molar-refractivity contribution in [2.24, 2.45) is 0 Å². The first kappa shape index (κ1) is 147. The van der Waals surface area contributed by atoms with Gasteiger partial charge in [-0.05, 0) is 308 Å². The number of carbonyl (C=O) groups is 1. The molecule has 0 spiro atoms. The average molecular weight is 1770 g/mol. The van der Waals surface area contributed by atoms with Gasteiger partial charge in [0.25, 0.3) is 0 Å². The number of aliphatic carboxylic acids is 1. The van der Waals surface area contributed by atoms with E-state index in [4.69, 9.17) is 12.6 Å². The van der Waals surface area contributed by atoms with Crippen molar-refractivity contribution < 1.29 is 263 Å². The van der Waals surface area contributed by atoms with Crippen LogP contribution < -0.4 is 224 Å². The smallest absolute Gasteiger partial charge is 0.889 e. The van der Waals surface area contributed by atoms with Gasteiger partial charge in [0.1, 0.15) is 10.1 Å². The molecule has 127 heavy (non-hydrogen) atoms. The van der Waals surface area contributed by atoms with Crippen LogP contribution in [0.3, 0.4) is 0 Å². The van der Waals surface area contributed by atoms with Crippen LogP contribution in [-0.4, -0.2) is 72.1 Å². The van der Waals surface area contributed by atoms with E-state index in [0.29, 0.717) is 28.8 Å². The van der Waals surface area contributed by atoms with Crippen LogP contribution >= 0.6 is 7.60 Å². The maximum absolute atomic E-state index is 10.7. The fourth-order valence-electron chi connectivity index (χ4n) is 12.6. The molecular weight excluding hydrogens is 1640 g/mol. The van der Waals surface area contributed by atoms with Gasteiger partial charge in [-0.1, -0.05) is 264 Å². The summed E-state index contributed by atoms with van der Waals surface area (Å²) < 4.78 is 94.8. The third-order valence-corrected chi connectivity index (χ3v) is 23.5. The number of rotatable bonds is 36. The zero-order valence-corrected chi connectivity index (χ0v) is 86.9. The molecule has 0 N–H and O–H groups in total. The molecule has 0 aliphatic heterocycles. The molecule has 16 nitrogen and oxygen atoms in total. The van der Waals surface area contributed by atoms with Gasteiger partial charge in [-0.2, -0.15) is 5.75 Å². The van der Waals surface area contributed by atoms with Crippen LogP contribution in [-0.2, 0) is 85.4 Å². The fourth-order valence-corrected chi connectivity index (χ4v) is 15.4. The Morgan fingerprint density at radius 3 is 0.898 bits per heavy atom. The van der Waals surface area contributed by atoms with Crippen LogP contribution in [0.4, 0.5) is 0 Å². The molecule has 0 bridgehead atoms. The molecule has 8 aromatic carbocycles. The van der Waals surface area contributed by atoms with Crippen LogP contribution in [0, 0.1) is 111 Å². The first-order chi connectivity index (χ1) is 55.0. The van der Waals surface area contributed by atoms with Crippen molar-refractivity contribution in [2.45, 2.75) is 288 Å². The Bertz CT molecular complexity index is 4490. The summed E-state index contributed by atoms with van der Waals surface area (Å²) in [6.45, 7) is 32.1. The quantitative estimate of drug-likeness (QED) is 0.00879. The summed E-state index contributed by atoms with van der Waals surface area (Å²) in [7, 11) is -14.5. The molecule has 0 radical (unpaired) electrons. The molecular formula is C95H132BLi10O16PS4. The Labute approximate surface area is 896 Å². The summed E-state index contributed by atoms with van der Waals surface area (Å²) in [6.07, 6.45) is 25.6. The summed E-state index contributed by atoms with van der Waals surface area (Å²) in [5, 5.41) is 41.6. The van der Waals surface area contributed by atoms with E-state index in [0.717, 1.165) is 136 Å². The van der Waals surface area contributed by atoms with E-state index in [1.165, 1.54) is 134 Å². The van der Waals surface area contributed by atoms with Crippen molar-refractivity contribution in [3.8, 4) is 0 Å². The molecule has 650 valence electrons. The Hall–Kier alpha value is -0.421. The zero-order chi connectivity index (χ0) is 88.3. The molecule has 0 aliphatic carbocycles. The van der Waals surface area contributed by atoms with Crippen molar-refractivity contribution in [3.05, 3.63) is 262 Å². The minimum Gasteiger partial charge on any atom is -0.889 e. The molecule has 0 heterocycles. The largest absolute Gasteiger partial charge is 1.00 e. The van der Waals surface area contributed by atoms with Crippen LogP contribution in [0.2, 0.25) is 0 Å². The number of aryl methyl sites for hydroxylation is 21. The molecule has 1 unspecified atom stereocenters. The maximum atomic E-state index is 10.7. The topological polar surface area (TPSA) is 327 Å². The first-order valence-corrected chi connectivity index (χ1v) is 47.5. The monoisotopic (exact) mass is 1770 g/mol. The molecule has 0 aliphatic rings. The van der Waals surface area contributed by atoms with Crippen LogP contribution in [0.25, 0.3) is 0 Å². The fraction of sp³-hybridized carbons (Fsp3) is 0.484. The Kier molecular flexibility index (Phi) is 96.8. The normalized spacial score (nSPS) is 10.3. The third-order valence-electron chi connectivity index (χ3n) is 19.8. The van der Waals surface area contributed by atoms with E-state index in [9.17, 15) is 74.1 Å². The van der Waals surface area contributed by atoms with Gasteiger partial charge >= 0.3 is 189 Å². The average Bonchev–Trinajstić information content (AvgIpc) is 0.830. The van der Waals surface area contributed by atoms with Gasteiger partial charge in [-0.15, -0.1) is 12.1 Å². The van der Waals surface area contributed by atoms with Crippen LogP contribution in [0.5, 0.6) is 0 Å². The van der Waals surface area contributed by atoms with E-state index in [2.05, 4.69) is 160 Å². The Balaban J connectivity index is -0.000000153. The minimum atomic E-state index is -4.31. The second kappa shape index (κ2) is 83.7. The van der Waals surface area contributed by atoms with Crippen molar-refractivity contribution >= 4 is 70.1 Å². The SMILES string of the molecule is Cc1ccc(C)c(B([O-])[O-])c1.Cc1ccc(C)c(CCCCCCC(=O)[O-])c1.Cc1ccc(C)c(CCCCCCP(=O)([O-])[O-])c1.Cc1ccc(C)c(CCCCCCS(=O)(=O)[O-])c1.Cc1ccc(C)c(CCCCCC[O-])c1.Cc1ccc(C)c(CCCCCC[S-])c1.Cc1ccc(C)c(S(=O)(=O)[O-])c1.Cc1ccc(C)c(S(=O)[O-])c1.[Li+].[Li+].[Li+].[Li+].[Li+].[Li+].[Li+].[Li+].[Li+].[Li+]. The van der Waals surface area contributed by atoms with Crippen molar-refractivity contribution in [1.82, 2.24) is 0 Å². The Morgan fingerprint density at radius 1 is 0.362 bits per heavy atom. The van der Waals surface area contributed by atoms with Crippen molar-refractivity contribution in [2.75, 3.05) is 24.3 Å².